The number of carbonyl (C=O) groups excluding carboxylic acids is 1. The van der Waals surface area contributed by atoms with Gasteiger partial charge in [0.1, 0.15) is 18.1 Å². The Morgan fingerprint density at radius 3 is 2.50 bits per heavy atom. The molecule has 40 heavy (non-hydrogen) atoms. The minimum Gasteiger partial charge on any atom is -0.494 e. The second-order valence-electron chi connectivity index (χ2n) is 9.04. The lowest BCUT2D eigenvalue weighted by molar-refractivity contribution is -0.113. The summed E-state index contributed by atoms with van der Waals surface area (Å²) in [6.07, 6.45) is 3.48. The Bertz CT molecular complexity index is 1750. The standard InChI is InChI=1S/C32H29N3O4S/c1-4-19-39-26-14-10-9-11-23(26)20-27-31(37)35-29(22-15-17-25(18-16-22)38-5-2)28(21(3)33-32(35)40-27)30(36)34-24-12-7-6-8-13-24/h4,6-18,20,29H,1,5,19H2,2-3H3,(H,34,36)/b27-20+/t29-/m1/s1. The van der Waals surface area contributed by atoms with Crippen molar-refractivity contribution in [2.45, 2.75) is 19.9 Å². The van der Waals surface area contributed by atoms with Crippen LogP contribution in [0.2, 0.25) is 0 Å². The molecule has 1 aromatic heterocycles. The van der Waals surface area contributed by atoms with Gasteiger partial charge in [0.05, 0.1) is 28.5 Å². The van der Waals surface area contributed by atoms with E-state index in [-0.39, 0.29) is 11.5 Å². The highest BCUT2D eigenvalue weighted by Gasteiger charge is 2.32. The zero-order valence-corrected chi connectivity index (χ0v) is 23.1. The SMILES string of the molecule is C=CCOc1ccccc1/C=c1/sc2n(c1=O)[C@H](c1ccc(OCC)cc1)C(C(=O)Nc1ccccc1)=C(C)N=2. The van der Waals surface area contributed by atoms with Crippen molar-refractivity contribution in [3.8, 4) is 11.5 Å². The fourth-order valence-corrected chi connectivity index (χ4v) is 5.62. The first-order valence-electron chi connectivity index (χ1n) is 12.9. The minimum atomic E-state index is -0.676. The highest BCUT2D eigenvalue weighted by molar-refractivity contribution is 7.07. The molecule has 0 saturated carbocycles. The molecule has 1 atom stereocenters. The molecule has 0 unspecified atom stereocenters. The third kappa shape index (κ3) is 5.53. The van der Waals surface area contributed by atoms with Crippen LogP contribution < -0.4 is 29.7 Å². The van der Waals surface area contributed by atoms with Crippen molar-refractivity contribution in [2.75, 3.05) is 18.5 Å². The molecule has 1 aliphatic rings. The monoisotopic (exact) mass is 551 g/mol. The average molecular weight is 552 g/mol. The van der Waals surface area contributed by atoms with E-state index < -0.39 is 6.04 Å². The van der Waals surface area contributed by atoms with Gasteiger partial charge in [-0.15, -0.1) is 0 Å². The maximum Gasteiger partial charge on any atom is 0.271 e. The van der Waals surface area contributed by atoms with Crippen molar-refractivity contribution in [3.63, 3.8) is 0 Å². The lowest BCUT2D eigenvalue weighted by Crippen LogP contribution is -2.40. The van der Waals surface area contributed by atoms with Gasteiger partial charge < -0.3 is 14.8 Å². The highest BCUT2D eigenvalue weighted by atomic mass is 32.1. The van der Waals surface area contributed by atoms with Gasteiger partial charge in [-0.1, -0.05) is 72.5 Å². The molecule has 8 heteroatoms. The molecule has 4 aromatic rings. The number of para-hydroxylation sites is 2. The maximum absolute atomic E-state index is 14.0. The van der Waals surface area contributed by atoms with Gasteiger partial charge in [-0.3, -0.25) is 14.2 Å². The Hall–Kier alpha value is -4.69. The van der Waals surface area contributed by atoms with Crippen LogP contribution in [0.3, 0.4) is 0 Å². The first-order valence-corrected chi connectivity index (χ1v) is 13.8. The summed E-state index contributed by atoms with van der Waals surface area (Å²) in [7, 11) is 0. The van der Waals surface area contributed by atoms with Crippen molar-refractivity contribution in [1.82, 2.24) is 4.57 Å². The van der Waals surface area contributed by atoms with Crippen LogP contribution in [0.4, 0.5) is 5.69 Å². The van der Waals surface area contributed by atoms with E-state index in [4.69, 9.17) is 14.5 Å². The van der Waals surface area contributed by atoms with E-state index in [1.54, 1.807) is 23.6 Å². The predicted molar refractivity (Wildman–Crippen MR) is 159 cm³/mol. The number of amides is 1. The molecule has 0 radical (unpaired) electrons. The Kier molecular flexibility index (Phi) is 8.07. The number of fused-ring (bicyclic) bond motifs is 1. The summed E-state index contributed by atoms with van der Waals surface area (Å²) in [6.45, 7) is 8.32. The van der Waals surface area contributed by atoms with Gasteiger partial charge in [0, 0.05) is 11.3 Å². The summed E-state index contributed by atoms with van der Waals surface area (Å²) >= 11 is 1.28. The molecule has 1 amide bonds. The van der Waals surface area contributed by atoms with Crippen molar-refractivity contribution in [2.24, 2.45) is 4.99 Å². The van der Waals surface area contributed by atoms with Gasteiger partial charge >= 0.3 is 0 Å². The fourth-order valence-electron chi connectivity index (χ4n) is 4.58. The number of benzene rings is 3. The molecule has 0 aliphatic carbocycles. The number of carbonyl (C=O) groups is 1. The van der Waals surface area contributed by atoms with Gasteiger partial charge in [-0.05, 0) is 55.8 Å². The second-order valence-corrected chi connectivity index (χ2v) is 10.1. The molecule has 0 saturated heterocycles. The van der Waals surface area contributed by atoms with Crippen LogP contribution in [0, 0.1) is 0 Å². The number of allylic oxidation sites excluding steroid dienone is 1. The number of hydrogen-bond acceptors (Lipinski definition) is 6. The van der Waals surface area contributed by atoms with E-state index in [0.29, 0.717) is 51.0 Å². The predicted octanol–water partition coefficient (Wildman–Crippen LogP) is 4.84. The van der Waals surface area contributed by atoms with Gasteiger partial charge in [-0.2, -0.15) is 0 Å². The van der Waals surface area contributed by atoms with Gasteiger partial charge in [0.25, 0.3) is 11.5 Å². The van der Waals surface area contributed by atoms with Gasteiger partial charge in [-0.25, -0.2) is 4.99 Å². The van der Waals surface area contributed by atoms with Crippen molar-refractivity contribution in [1.29, 1.82) is 0 Å². The number of aromatic nitrogens is 1. The fraction of sp³-hybridized carbons (Fsp3) is 0.156. The van der Waals surface area contributed by atoms with Crippen LogP contribution in [-0.2, 0) is 4.79 Å². The molecular formula is C32H29N3O4S. The first-order chi connectivity index (χ1) is 19.5. The highest BCUT2D eigenvalue weighted by Crippen LogP contribution is 2.32. The third-order valence-corrected chi connectivity index (χ3v) is 7.35. The van der Waals surface area contributed by atoms with Gasteiger partial charge in [0.2, 0.25) is 0 Å². The van der Waals surface area contributed by atoms with E-state index in [2.05, 4.69) is 11.9 Å². The van der Waals surface area contributed by atoms with Crippen LogP contribution in [-0.4, -0.2) is 23.7 Å². The molecule has 1 N–H and O–H groups in total. The summed E-state index contributed by atoms with van der Waals surface area (Å²) in [5.41, 5.74) is 2.92. The Morgan fingerprint density at radius 1 is 1.05 bits per heavy atom. The van der Waals surface area contributed by atoms with Crippen molar-refractivity contribution < 1.29 is 14.3 Å². The van der Waals surface area contributed by atoms with E-state index in [0.717, 1.165) is 11.1 Å². The minimum absolute atomic E-state index is 0.237. The van der Waals surface area contributed by atoms with Crippen LogP contribution in [0.15, 0.2) is 113 Å². The second kappa shape index (κ2) is 12.0. The molecule has 5 rings (SSSR count). The van der Waals surface area contributed by atoms with E-state index in [1.807, 2.05) is 85.8 Å². The number of nitrogens with zero attached hydrogens (tertiary/aromatic N) is 2. The lowest BCUT2D eigenvalue weighted by Gasteiger charge is -2.25. The molecule has 1 aliphatic heterocycles. The number of hydrogen-bond donors (Lipinski definition) is 1. The maximum atomic E-state index is 14.0. The van der Waals surface area contributed by atoms with E-state index in [1.165, 1.54) is 11.3 Å². The summed E-state index contributed by atoms with van der Waals surface area (Å²) in [4.78, 5) is 32.9. The quantitative estimate of drug-likeness (QED) is 0.302. The van der Waals surface area contributed by atoms with Crippen molar-refractivity contribution >= 4 is 29.0 Å². The zero-order valence-electron chi connectivity index (χ0n) is 22.3. The number of thiazole rings is 1. The van der Waals surface area contributed by atoms with Crippen LogP contribution in [0.1, 0.15) is 31.0 Å². The number of nitrogens with one attached hydrogen (secondary N) is 1. The Labute approximate surface area is 236 Å². The summed E-state index contributed by atoms with van der Waals surface area (Å²) in [6, 6.07) is 23.6. The first kappa shape index (κ1) is 26.9. The molecule has 7 nitrogen and oxygen atoms in total. The summed E-state index contributed by atoms with van der Waals surface area (Å²) in [5.74, 6) is 1.05. The number of ether oxygens (including phenoxy) is 2. The van der Waals surface area contributed by atoms with Crippen LogP contribution >= 0.6 is 11.3 Å². The number of rotatable bonds is 9. The van der Waals surface area contributed by atoms with Crippen molar-refractivity contribution in [3.05, 3.63) is 134 Å². The van der Waals surface area contributed by atoms with Crippen LogP contribution in [0.5, 0.6) is 11.5 Å². The van der Waals surface area contributed by atoms with Crippen LogP contribution in [0.25, 0.3) is 6.08 Å². The Morgan fingerprint density at radius 2 is 1.77 bits per heavy atom. The molecular weight excluding hydrogens is 522 g/mol. The molecule has 2 heterocycles. The number of anilines is 1. The molecule has 3 aromatic carbocycles. The average Bonchev–Trinajstić information content (AvgIpc) is 3.27. The molecule has 202 valence electrons. The third-order valence-electron chi connectivity index (χ3n) is 6.37. The van der Waals surface area contributed by atoms with Gasteiger partial charge in [0.15, 0.2) is 4.80 Å². The topological polar surface area (TPSA) is 81.9 Å². The van der Waals surface area contributed by atoms with E-state index in [9.17, 15) is 9.59 Å². The largest absolute Gasteiger partial charge is 0.494 e. The molecule has 0 bridgehead atoms. The lowest BCUT2D eigenvalue weighted by atomic mass is 9.95. The molecule has 0 spiro atoms. The zero-order chi connectivity index (χ0) is 28.1. The van der Waals surface area contributed by atoms with E-state index >= 15 is 0 Å². The smallest absolute Gasteiger partial charge is 0.271 e. The summed E-state index contributed by atoms with van der Waals surface area (Å²) in [5, 5.41) is 2.97. The Balaban J connectivity index is 1.65. The normalized spacial score (nSPS) is 14.8. The molecule has 0 fully saturated rings. The summed E-state index contributed by atoms with van der Waals surface area (Å²) < 4.78 is 13.5.